The zero-order valence-corrected chi connectivity index (χ0v) is 13.6. The first-order valence-electron chi connectivity index (χ1n) is 7.75. The second kappa shape index (κ2) is 6.07. The Kier molecular flexibility index (Phi) is 4.58. The molecule has 1 aromatic rings. The standard InChI is InChI=1S/C18H26N2O/c1-17(2,3)15-7-5-6-8-16(15)21-12-11-18(4,13-19)20-14-9-10-14/h5-8,14,20H,9-12H2,1-4H3. The van der Waals surface area contributed by atoms with Gasteiger partial charge in [0.2, 0.25) is 0 Å². The molecule has 1 unspecified atom stereocenters. The number of benzene rings is 1. The molecule has 3 nitrogen and oxygen atoms in total. The second-order valence-electron chi connectivity index (χ2n) is 7.21. The molecule has 0 aliphatic heterocycles. The molecule has 1 aliphatic rings. The third-order valence-corrected chi connectivity index (χ3v) is 3.90. The highest BCUT2D eigenvalue weighted by Gasteiger charge is 2.32. The molecule has 0 bridgehead atoms. The van der Waals surface area contributed by atoms with Crippen LogP contribution in [0.15, 0.2) is 24.3 Å². The fourth-order valence-corrected chi connectivity index (χ4v) is 2.42. The van der Waals surface area contributed by atoms with Crippen LogP contribution in [-0.2, 0) is 5.41 Å². The van der Waals surface area contributed by atoms with E-state index >= 15 is 0 Å². The fourth-order valence-electron chi connectivity index (χ4n) is 2.42. The van der Waals surface area contributed by atoms with Gasteiger partial charge in [-0.25, -0.2) is 0 Å². The van der Waals surface area contributed by atoms with Crippen LogP contribution in [0.5, 0.6) is 5.75 Å². The summed E-state index contributed by atoms with van der Waals surface area (Å²) in [5, 5.41) is 12.8. The van der Waals surface area contributed by atoms with E-state index in [2.05, 4.69) is 38.2 Å². The van der Waals surface area contributed by atoms with E-state index in [1.54, 1.807) is 0 Å². The van der Waals surface area contributed by atoms with Crippen LogP contribution in [-0.4, -0.2) is 18.2 Å². The molecule has 1 atom stereocenters. The van der Waals surface area contributed by atoms with Crippen LogP contribution < -0.4 is 10.1 Å². The van der Waals surface area contributed by atoms with Crippen LogP contribution in [0.3, 0.4) is 0 Å². The predicted octanol–water partition coefficient (Wildman–Crippen LogP) is 3.79. The van der Waals surface area contributed by atoms with E-state index in [9.17, 15) is 5.26 Å². The molecular weight excluding hydrogens is 260 g/mol. The van der Waals surface area contributed by atoms with Crippen LogP contribution >= 0.6 is 0 Å². The Labute approximate surface area is 128 Å². The Hall–Kier alpha value is -1.53. The van der Waals surface area contributed by atoms with Crippen molar-refractivity contribution in [1.29, 1.82) is 5.26 Å². The van der Waals surface area contributed by atoms with E-state index < -0.39 is 5.54 Å². The van der Waals surface area contributed by atoms with Gasteiger partial charge in [-0.15, -0.1) is 0 Å². The second-order valence-corrected chi connectivity index (χ2v) is 7.21. The van der Waals surface area contributed by atoms with Gasteiger partial charge in [-0.1, -0.05) is 39.0 Å². The molecule has 3 heteroatoms. The van der Waals surface area contributed by atoms with E-state index in [0.717, 1.165) is 5.75 Å². The summed E-state index contributed by atoms with van der Waals surface area (Å²) in [7, 11) is 0. The number of rotatable bonds is 6. The number of para-hydroxylation sites is 1. The average molecular weight is 286 g/mol. The lowest BCUT2D eigenvalue weighted by atomic mass is 9.86. The normalized spacial score (nSPS) is 17.9. The van der Waals surface area contributed by atoms with Crippen molar-refractivity contribution in [3.05, 3.63) is 29.8 Å². The molecule has 1 aromatic carbocycles. The third-order valence-electron chi connectivity index (χ3n) is 3.90. The summed E-state index contributed by atoms with van der Waals surface area (Å²) in [6, 6.07) is 11.1. The summed E-state index contributed by atoms with van der Waals surface area (Å²) >= 11 is 0. The number of nitrogens with one attached hydrogen (secondary N) is 1. The Morgan fingerprint density at radius 3 is 2.48 bits per heavy atom. The molecule has 0 saturated heterocycles. The van der Waals surface area contributed by atoms with Crippen molar-refractivity contribution in [3.8, 4) is 11.8 Å². The maximum Gasteiger partial charge on any atom is 0.123 e. The maximum absolute atomic E-state index is 9.37. The molecule has 0 spiro atoms. The molecular formula is C18H26N2O. The van der Waals surface area contributed by atoms with Crippen molar-refractivity contribution in [2.75, 3.05) is 6.61 Å². The fraction of sp³-hybridized carbons (Fsp3) is 0.611. The van der Waals surface area contributed by atoms with Gasteiger partial charge in [-0.3, -0.25) is 5.32 Å². The Morgan fingerprint density at radius 2 is 1.90 bits per heavy atom. The highest BCUT2D eigenvalue weighted by Crippen LogP contribution is 2.31. The van der Waals surface area contributed by atoms with E-state index in [1.165, 1.54) is 18.4 Å². The van der Waals surface area contributed by atoms with Crippen molar-refractivity contribution in [2.45, 2.75) is 64.0 Å². The van der Waals surface area contributed by atoms with Gasteiger partial charge in [0.25, 0.3) is 0 Å². The van der Waals surface area contributed by atoms with Crippen molar-refractivity contribution in [2.24, 2.45) is 0 Å². The van der Waals surface area contributed by atoms with Crippen molar-refractivity contribution < 1.29 is 4.74 Å². The zero-order valence-electron chi connectivity index (χ0n) is 13.6. The summed E-state index contributed by atoms with van der Waals surface area (Å²) in [4.78, 5) is 0. The van der Waals surface area contributed by atoms with Crippen molar-refractivity contribution in [3.63, 3.8) is 0 Å². The lowest BCUT2D eigenvalue weighted by molar-refractivity contribution is 0.261. The monoisotopic (exact) mass is 286 g/mol. The maximum atomic E-state index is 9.37. The summed E-state index contributed by atoms with van der Waals surface area (Å²) in [6.07, 6.45) is 3.06. The smallest absolute Gasteiger partial charge is 0.123 e. The zero-order chi connectivity index (χ0) is 15.5. The van der Waals surface area contributed by atoms with Crippen LogP contribution in [0.25, 0.3) is 0 Å². The molecule has 0 radical (unpaired) electrons. The molecule has 0 aromatic heterocycles. The van der Waals surface area contributed by atoms with Crippen LogP contribution in [0.2, 0.25) is 0 Å². The Balaban J connectivity index is 1.95. The quantitative estimate of drug-likeness (QED) is 0.865. The Bertz CT molecular complexity index is 523. The molecule has 0 amide bonds. The summed E-state index contributed by atoms with van der Waals surface area (Å²) in [5.74, 6) is 0.928. The average Bonchev–Trinajstić information content (AvgIpc) is 3.22. The summed E-state index contributed by atoms with van der Waals surface area (Å²) < 4.78 is 5.97. The van der Waals surface area contributed by atoms with E-state index in [4.69, 9.17) is 4.74 Å². The minimum Gasteiger partial charge on any atom is -0.493 e. The van der Waals surface area contributed by atoms with Gasteiger partial charge in [-0.2, -0.15) is 5.26 Å². The molecule has 1 N–H and O–H groups in total. The lowest BCUT2D eigenvalue weighted by Gasteiger charge is -2.25. The topological polar surface area (TPSA) is 45.0 Å². The van der Waals surface area contributed by atoms with Gasteiger partial charge in [0.1, 0.15) is 11.3 Å². The molecule has 21 heavy (non-hydrogen) atoms. The van der Waals surface area contributed by atoms with Crippen molar-refractivity contribution in [1.82, 2.24) is 5.32 Å². The predicted molar refractivity (Wildman–Crippen MR) is 85.4 cm³/mol. The number of nitrogens with zero attached hydrogens (tertiary/aromatic N) is 1. The number of nitriles is 1. The summed E-state index contributed by atoms with van der Waals surface area (Å²) in [5.41, 5.74) is 0.776. The van der Waals surface area contributed by atoms with Crippen LogP contribution in [0.1, 0.15) is 52.5 Å². The highest BCUT2D eigenvalue weighted by atomic mass is 16.5. The number of hydrogen-bond acceptors (Lipinski definition) is 3. The van der Waals surface area contributed by atoms with E-state index in [-0.39, 0.29) is 5.41 Å². The molecule has 1 saturated carbocycles. The van der Waals surface area contributed by atoms with Crippen LogP contribution in [0, 0.1) is 11.3 Å². The minimum atomic E-state index is -0.488. The van der Waals surface area contributed by atoms with Crippen LogP contribution in [0.4, 0.5) is 0 Å². The summed E-state index contributed by atoms with van der Waals surface area (Å²) in [6.45, 7) is 9.07. The lowest BCUT2D eigenvalue weighted by Crippen LogP contribution is -2.43. The first-order chi connectivity index (χ1) is 9.84. The van der Waals surface area contributed by atoms with Gasteiger partial charge < -0.3 is 4.74 Å². The van der Waals surface area contributed by atoms with Gasteiger partial charge in [0.05, 0.1) is 12.7 Å². The van der Waals surface area contributed by atoms with Gasteiger partial charge >= 0.3 is 0 Å². The molecule has 1 aliphatic carbocycles. The molecule has 114 valence electrons. The molecule has 2 rings (SSSR count). The van der Waals surface area contributed by atoms with Gasteiger partial charge in [0, 0.05) is 12.5 Å². The third kappa shape index (κ3) is 4.47. The first kappa shape index (κ1) is 15.9. The number of hydrogen-bond donors (Lipinski definition) is 1. The molecule has 1 fully saturated rings. The van der Waals surface area contributed by atoms with Gasteiger partial charge in [-0.05, 0) is 36.8 Å². The van der Waals surface area contributed by atoms with Gasteiger partial charge in [0.15, 0.2) is 0 Å². The first-order valence-corrected chi connectivity index (χ1v) is 7.75. The minimum absolute atomic E-state index is 0.0569. The molecule has 0 heterocycles. The van der Waals surface area contributed by atoms with Crippen molar-refractivity contribution >= 4 is 0 Å². The van der Waals surface area contributed by atoms with E-state index in [0.29, 0.717) is 19.1 Å². The largest absolute Gasteiger partial charge is 0.493 e. The Morgan fingerprint density at radius 1 is 1.24 bits per heavy atom. The SMILES string of the molecule is CC(C#N)(CCOc1ccccc1C(C)(C)C)NC1CC1. The number of ether oxygens (including phenoxy) is 1. The van der Waals surface area contributed by atoms with E-state index in [1.807, 2.05) is 25.1 Å². The highest BCUT2D eigenvalue weighted by molar-refractivity contribution is 5.38.